The summed E-state index contributed by atoms with van der Waals surface area (Å²) in [6.07, 6.45) is 0. The summed E-state index contributed by atoms with van der Waals surface area (Å²) in [7, 11) is -3.90. The summed E-state index contributed by atoms with van der Waals surface area (Å²) in [5, 5.41) is 0. The fourth-order valence-corrected chi connectivity index (χ4v) is 3.15. The van der Waals surface area contributed by atoms with Crippen molar-refractivity contribution in [2.24, 2.45) is 0 Å². The van der Waals surface area contributed by atoms with Gasteiger partial charge in [-0.2, -0.15) is 0 Å². The third kappa shape index (κ3) is 4.71. The van der Waals surface area contributed by atoms with Crippen LogP contribution in [0.4, 0.5) is 0 Å². The number of hydrogen-bond acceptors (Lipinski definition) is 4. The zero-order valence-electron chi connectivity index (χ0n) is 7.20. The van der Waals surface area contributed by atoms with Crippen LogP contribution in [0.1, 0.15) is 13.8 Å². The lowest BCUT2D eigenvalue weighted by Crippen LogP contribution is -2.00. The monoisotopic (exact) mass is 198 g/mol. The maximum Gasteiger partial charge on any atom is 0.464 e. The summed E-state index contributed by atoms with van der Waals surface area (Å²) in [6.45, 7) is 6.10. The van der Waals surface area contributed by atoms with Crippen molar-refractivity contribution < 1.29 is 17.8 Å². The van der Waals surface area contributed by atoms with E-state index in [0.717, 1.165) is 0 Å². The first kappa shape index (κ1) is 11.3. The molecule has 0 aromatic carbocycles. The summed E-state index contributed by atoms with van der Waals surface area (Å²) in [6, 6.07) is 0. The Morgan fingerprint density at radius 2 is 1.73 bits per heavy atom. The number of phosphoric ester groups is 1. The Morgan fingerprint density at radius 3 is 2.00 bits per heavy atom. The van der Waals surface area contributed by atoms with E-state index in [4.69, 9.17) is 13.3 Å². The first-order chi connectivity index (χ1) is 5.18. The SMILES string of the molecule is CCOP(=O)(OCC)O[SiH2]C. The van der Waals surface area contributed by atoms with Crippen LogP contribution < -0.4 is 0 Å². The maximum atomic E-state index is 11.4. The zero-order chi connectivity index (χ0) is 8.74. The van der Waals surface area contributed by atoms with E-state index in [1.165, 1.54) is 0 Å². The average molecular weight is 198 g/mol. The third-order valence-corrected chi connectivity index (χ3v) is 4.31. The van der Waals surface area contributed by atoms with Gasteiger partial charge in [-0.15, -0.1) is 0 Å². The van der Waals surface area contributed by atoms with Crippen LogP contribution in [0.25, 0.3) is 0 Å². The molecular formula is C5H15O4PSi. The van der Waals surface area contributed by atoms with Gasteiger partial charge in [-0.3, -0.25) is 9.05 Å². The van der Waals surface area contributed by atoms with E-state index in [1.807, 2.05) is 6.55 Å². The van der Waals surface area contributed by atoms with Crippen molar-refractivity contribution in [3.63, 3.8) is 0 Å². The van der Waals surface area contributed by atoms with Crippen LogP contribution >= 0.6 is 7.82 Å². The fourth-order valence-electron chi connectivity index (χ4n) is 0.586. The summed E-state index contributed by atoms with van der Waals surface area (Å²) >= 11 is 0. The standard InChI is InChI=1S/C5H15O4PSi/c1-4-7-10(6,8-5-2)9-11-3/h4-5,11H2,1-3H3. The molecule has 0 radical (unpaired) electrons. The summed E-state index contributed by atoms with van der Waals surface area (Å²) in [4.78, 5) is 0. The molecule has 68 valence electrons. The van der Waals surface area contributed by atoms with Crippen molar-refractivity contribution in [1.82, 2.24) is 0 Å². The molecule has 0 atom stereocenters. The van der Waals surface area contributed by atoms with Gasteiger partial charge >= 0.3 is 7.82 Å². The highest BCUT2D eigenvalue weighted by Crippen LogP contribution is 2.48. The van der Waals surface area contributed by atoms with E-state index < -0.39 is 17.6 Å². The molecule has 0 saturated carbocycles. The van der Waals surface area contributed by atoms with Crippen LogP contribution in [0.5, 0.6) is 0 Å². The maximum absolute atomic E-state index is 11.4. The average Bonchev–Trinajstić information content (AvgIpc) is 1.88. The van der Waals surface area contributed by atoms with E-state index in [2.05, 4.69) is 0 Å². The molecule has 0 aromatic rings. The molecular weight excluding hydrogens is 183 g/mol. The minimum Gasteiger partial charge on any atom is -0.338 e. The van der Waals surface area contributed by atoms with E-state index in [0.29, 0.717) is 13.2 Å². The molecule has 0 aromatic heterocycles. The Balaban J connectivity index is 3.91. The molecule has 0 aliphatic heterocycles. The van der Waals surface area contributed by atoms with Crippen LogP contribution in [0.15, 0.2) is 0 Å². The smallest absolute Gasteiger partial charge is 0.338 e. The zero-order valence-corrected chi connectivity index (χ0v) is 9.51. The number of hydrogen-bond donors (Lipinski definition) is 0. The predicted octanol–water partition coefficient (Wildman–Crippen LogP) is 1.32. The first-order valence-corrected chi connectivity index (χ1v) is 7.17. The van der Waals surface area contributed by atoms with Crippen molar-refractivity contribution in [1.29, 1.82) is 0 Å². The minimum atomic E-state index is -3.16. The van der Waals surface area contributed by atoms with Gasteiger partial charge in [0.1, 0.15) is 0 Å². The fraction of sp³-hybridized carbons (Fsp3) is 1.00. The molecule has 0 spiro atoms. The van der Waals surface area contributed by atoms with E-state index in [9.17, 15) is 4.57 Å². The molecule has 0 unspecified atom stereocenters. The van der Waals surface area contributed by atoms with Crippen molar-refractivity contribution in [2.45, 2.75) is 20.4 Å². The van der Waals surface area contributed by atoms with Crippen molar-refractivity contribution >= 4 is 17.6 Å². The molecule has 6 heteroatoms. The largest absolute Gasteiger partial charge is 0.464 e. The molecule has 0 aliphatic carbocycles. The van der Waals surface area contributed by atoms with Crippen LogP contribution in [0, 0.1) is 0 Å². The first-order valence-electron chi connectivity index (χ1n) is 3.72. The van der Waals surface area contributed by atoms with E-state index in [1.54, 1.807) is 13.8 Å². The Bertz CT molecular complexity index is 117. The van der Waals surface area contributed by atoms with Gasteiger partial charge in [0.15, 0.2) is 9.76 Å². The Morgan fingerprint density at radius 1 is 1.27 bits per heavy atom. The molecule has 0 bridgehead atoms. The highest BCUT2D eigenvalue weighted by atomic mass is 31.2. The van der Waals surface area contributed by atoms with Gasteiger partial charge in [-0.1, -0.05) is 6.55 Å². The van der Waals surface area contributed by atoms with Gasteiger partial charge in [0.05, 0.1) is 13.2 Å². The van der Waals surface area contributed by atoms with Gasteiger partial charge in [0, 0.05) is 0 Å². The normalized spacial score (nSPS) is 13.0. The quantitative estimate of drug-likeness (QED) is 0.477. The van der Waals surface area contributed by atoms with E-state index >= 15 is 0 Å². The Labute approximate surface area is 69.8 Å². The van der Waals surface area contributed by atoms with E-state index in [-0.39, 0.29) is 0 Å². The second kappa shape index (κ2) is 5.91. The Hall–Kier alpha value is 0.327. The summed E-state index contributed by atoms with van der Waals surface area (Å²) < 4.78 is 26.1. The van der Waals surface area contributed by atoms with Crippen LogP contribution in [-0.2, 0) is 17.8 Å². The predicted molar refractivity (Wildman–Crippen MR) is 46.4 cm³/mol. The Kier molecular flexibility index (Phi) is 6.09. The molecule has 0 rings (SSSR count). The van der Waals surface area contributed by atoms with Crippen molar-refractivity contribution in [3.8, 4) is 0 Å². The molecule has 11 heavy (non-hydrogen) atoms. The minimum absolute atomic E-state index is 0.353. The molecule has 4 nitrogen and oxygen atoms in total. The molecule has 0 N–H and O–H groups in total. The molecule has 0 heterocycles. The van der Waals surface area contributed by atoms with Crippen molar-refractivity contribution in [3.05, 3.63) is 0 Å². The second-order valence-electron chi connectivity index (χ2n) is 1.70. The highest BCUT2D eigenvalue weighted by molar-refractivity contribution is 7.49. The van der Waals surface area contributed by atoms with Gasteiger partial charge in [0.2, 0.25) is 0 Å². The molecule has 0 saturated heterocycles. The van der Waals surface area contributed by atoms with Crippen LogP contribution in [-0.4, -0.2) is 23.0 Å². The van der Waals surface area contributed by atoms with Gasteiger partial charge in [-0.05, 0) is 13.8 Å². The van der Waals surface area contributed by atoms with Crippen molar-refractivity contribution in [2.75, 3.05) is 13.2 Å². The molecule has 0 amide bonds. The second-order valence-corrected chi connectivity index (χ2v) is 4.72. The highest BCUT2D eigenvalue weighted by Gasteiger charge is 2.23. The molecule has 0 fully saturated rings. The van der Waals surface area contributed by atoms with Gasteiger partial charge < -0.3 is 4.21 Å². The summed E-state index contributed by atoms with van der Waals surface area (Å²) in [5.41, 5.74) is 0. The van der Waals surface area contributed by atoms with Crippen LogP contribution in [0.2, 0.25) is 6.55 Å². The lowest BCUT2D eigenvalue weighted by molar-refractivity contribution is 0.170. The number of rotatable bonds is 6. The third-order valence-electron chi connectivity index (χ3n) is 0.862. The topological polar surface area (TPSA) is 44.8 Å². The van der Waals surface area contributed by atoms with Gasteiger partial charge in [0.25, 0.3) is 0 Å². The lowest BCUT2D eigenvalue weighted by Gasteiger charge is -2.15. The molecule has 0 aliphatic rings. The van der Waals surface area contributed by atoms with Crippen LogP contribution in [0.3, 0.4) is 0 Å². The van der Waals surface area contributed by atoms with Gasteiger partial charge in [-0.25, -0.2) is 4.57 Å². The number of phosphoric acid groups is 1. The lowest BCUT2D eigenvalue weighted by atomic mass is 10.9. The summed E-state index contributed by atoms with van der Waals surface area (Å²) in [5.74, 6) is 0.